The quantitative estimate of drug-likeness (QED) is 0.356. The molecule has 1 aliphatic heterocycles. The zero-order valence-electron chi connectivity index (χ0n) is 23.2. The highest BCUT2D eigenvalue weighted by Gasteiger charge is 2.26. The molecule has 12 heteroatoms. The number of carbonyl (C=O) groups excluding carboxylic acids is 1. The van der Waals surface area contributed by atoms with Gasteiger partial charge in [0.15, 0.2) is 0 Å². The topological polar surface area (TPSA) is 129 Å². The largest absolute Gasteiger partial charge is 0.494 e. The summed E-state index contributed by atoms with van der Waals surface area (Å²) in [6.07, 6.45) is 2.87. The van der Waals surface area contributed by atoms with E-state index in [2.05, 4.69) is 20.4 Å². The summed E-state index contributed by atoms with van der Waals surface area (Å²) in [7, 11) is 3.42. The number of hydrogen-bond acceptors (Lipinski definition) is 10. The summed E-state index contributed by atoms with van der Waals surface area (Å²) in [5.41, 5.74) is 0.705. The van der Waals surface area contributed by atoms with Gasteiger partial charge in [-0.25, -0.2) is 14.9 Å². The number of H-pyrrole nitrogens is 1. The molecular weight excluding hydrogens is 514 g/mol. The SMILES string of the molecule is COc1cc(N2CCN(C(=O)OC(C)(C)C)CC2)ccc1Nc1nc(N(C)c2ccco2)cc2cn[nH]c(=O)c12. The molecule has 0 aliphatic carbocycles. The fourth-order valence-electron chi connectivity index (χ4n) is 4.52. The summed E-state index contributed by atoms with van der Waals surface area (Å²) in [5.74, 6) is 2.10. The first-order valence-electron chi connectivity index (χ1n) is 13.0. The normalized spacial score (nSPS) is 13.8. The van der Waals surface area contributed by atoms with Gasteiger partial charge >= 0.3 is 6.09 Å². The first-order valence-corrected chi connectivity index (χ1v) is 13.0. The van der Waals surface area contributed by atoms with Crippen molar-refractivity contribution in [3.8, 4) is 5.75 Å². The van der Waals surface area contributed by atoms with Crippen LogP contribution in [-0.4, -0.2) is 72.1 Å². The Bertz CT molecular complexity index is 1550. The molecule has 0 bridgehead atoms. The van der Waals surface area contributed by atoms with Gasteiger partial charge < -0.3 is 29.0 Å². The predicted octanol–water partition coefficient (Wildman–Crippen LogP) is 4.49. The molecule has 0 atom stereocenters. The molecule has 0 saturated carbocycles. The number of carbonyl (C=O) groups is 1. The number of aromatic amines is 1. The van der Waals surface area contributed by atoms with Gasteiger partial charge in [0.25, 0.3) is 5.56 Å². The van der Waals surface area contributed by atoms with Crippen molar-refractivity contribution in [1.29, 1.82) is 0 Å². The van der Waals surface area contributed by atoms with E-state index in [1.54, 1.807) is 41.5 Å². The molecule has 1 saturated heterocycles. The van der Waals surface area contributed by atoms with Gasteiger partial charge in [-0.05, 0) is 45.0 Å². The van der Waals surface area contributed by atoms with Crippen LogP contribution in [0.1, 0.15) is 20.8 Å². The van der Waals surface area contributed by atoms with Crippen molar-refractivity contribution >= 4 is 45.8 Å². The van der Waals surface area contributed by atoms with E-state index in [1.165, 1.54) is 0 Å². The number of aromatic nitrogens is 3. The van der Waals surface area contributed by atoms with E-state index in [1.807, 2.05) is 52.1 Å². The zero-order chi connectivity index (χ0) is 28.4. The van der Waals surface area contributed by atoms with Gasteiger partial charge in [0.2, 0.25) is 5.88 Å². The number of rotatable bonds is 6. The number of pyridine rings is 1. The van der Waals surface area contributed by atoms with Crippen LogP contribution in [0.4, 0.5) is 33.7 Å². The Labute approximate surface area is 231 Å². The monoisotopic (exact) mass is 547 g/mol. The number of hydrogen-bond donors (Lipinski definition) is 2. The third-order valence-electron chi connectivity index (χ3n) is 6.55. The van der Waals surface area contributed by atoms with Gasteiger partial charge in [-0.3, -0.25) is 9.69 Å². The van der Waals surface area contributed by atoms with E-state index in [0.29, 0.717) is 65.9 Å². The van der Waals surface area contributed by atoms with Gasteiger partial charge in [-0.1, -0.05) is 0 Å². The molecule has 1 aromatic carbocycles. The molecular formula is C28H33N7O5. The van der Waals surface area contributed by atoms with E-state index in [0.717, 1.165) is 5.69 Å². The number of fused-ring (bicyclic) bond motifs is 1. The number of benzene rings is 1. The minimum Gasteiger partial charge on any atom is -0.494 e. The first-order chi connectivity index (χ1) is 19.1. The molecule has 3 aromatic heterocycles. The molecule has 4 heterocycles. The summed E-state index contributed by atoms with van der Waals surface area (Å²) < 4.78 is 16.7. The third-order valence-corrected chi connectivity index (χ3v) is 6.55. The van der Waals surface area contributed by atoms with Crippen LogP contribution >= 0.6 is 0 Å². The number of amides is 1. The Morgan fingerprint density at radius 3 is 2.60 bits per heavy atom. The van der Waals surface area contributed by atoms with Crippen molar-refractivity contribution in [2.45, 2.75) is 26.4 Å². The van der Waals surface area contributed by atoms with E-state index >= 15 is 0 Å². The summed E-state index contributed by atoms with van der Waals surface area (Å²) in [6, 6.07) is 11.2. The number of nitrogens with zero attached hydrogens (tertiary/aromatic N) is 5. The maximum Gasteiger partial charge on any atom is 0.410 e. The van der Waals surface area contributed by atoms with Crippen LogP contribution in [0.3, 0.4) is 0 Å². The predicted molar refractivity (Wildman–Crippen MR) is 153 cm³/mol. The summed E-state index contributed by atoms with van der Waals surface area (Å²) >= 11 is 0. The smallest absolute Gasteiger partial charge is 0.410 e. The summed E-state index contributed by atoms with van der Waals surface area (Å²) in [5, 5.41) is 10.7. The highest BCUT2D eigenvalue weighted by atomic mass is 16.6. The van der Waals surface area contributed by atoms with Gasteiger partial charge in [-0.15, -0.1) is 0 Å². The van der Waals surface area contributed by atoms with Crippen molar-refractivity contribution in [2.75, 3.05) is 55.5 Å². The molecule has 1 amide bonds. The Balaban J connectivity index is 1.39. The number of anilines is 5. The molecule has 1 aliphatic rings. The van der Waals surface area contributed by atoms with E-state index in [4.69, 9.17) is 18.9 Å². The number of nitrogens with one attached hydrogen (secondary N) is 2. The minimum atomic E-state index is -0.528. The lowest BCUT2D eigenvalue weighted by molar-refractivity contribution is 0.0240. The van der Waals surface area contributed by atoms with E-state index < -0.39 is 5.60 Å². The molecule has 0 radical (unpaired) electrons. The van der Waals surface area contributed by atoms with Crippen LogP contribution in [0.25, 0.3) is 10.8 Å². The van der Waals surface area contributed by atoms with E-state index in [-0.39, 0.29) is 11.7 Å². The lowest BCUT2D eigenvalue weighted by Crippen LogP contribution is -2.50. The van der Waals surface area contributed by atoms with Crippen molar-refractivity contribution in [3.05, 3.63) is 59.2 Å². The average Bonchev–Trinajstić information content (AvgIpc) is 3.47. The van der Waals surface area contributed by atoms with E-state index in [9.17, 15) is 9.59 Å². The third kappa shape index (κ3) is 5.65. The van der Waals surface area contributed by atoms with Crippen molar-refractivity contribution in [2.24, 2.45) is 0 Å². The van der Waals surface area contributed by atoms with Crippen LogP contribution in [0.15, 0.2) is 58.1 Å². The van der Waals surface area contributed by atoms with Crippen LogP contribution in [0.5, 0.6) is 5.75 Å². The highest BCUT2D eigenvalue weighted by Crippen LogP contribution is 2.35. The lowest BCUT2D eigenvalue weighted by Gasteiger charge is -2.37. The van der Waals surface area contributed by atoms with Gasteiger partial charge in [0.05, 0.1) is 30.6 Å². The van der Waals surface area contributed by atoms with Crippen LogP contribution < -0.4 is 25.4 Å². The van der Waals surface area contributed by atoms with Gasteiger partial charge in [0, 0.05) is 56.4 Å². The Morgan fingerprint density at radius 2 is 1.93 bits per heavy atom. The fourth-order valence-corrected chi connectivity index (χ4v) is 4.52. The average molecular weight is 548 g/mol. The van der Waals surface area contributed by atoms with Crippen molar-refractivity contribution < 1.29 is 18.7 Å². The first kappa shape index (κ1) is 26.9. The molecule has 2 N–H and O–H groups in total. The Hall–Kier alpha value is -4.74. The standard InChI is InChI=1S/C28H33N7O5/c1-28(2,3)40-27(37)35-12-10-34(11-13-35)19-8-9-20(21(16-19)38-5)30-25-24-18(17-29-32-26(24)36)15-22(31-25)33(4)23-7-6-14-39-23/h6-9,14-17H,10-13H2,1-5H3,(H,30,31)(H,32,36). The second-order valence-electron chi connectivity index (χ2n) is 10.5. The molecule has 210 valence electrons. The Kier molecular flexibility index (Phi) is 7.24. The summed E-state index contributed by atoms with van der Waals surface area (Å²) in [6.45, 7) is 8.02. The molecule has 0 unspecified atom stereocenters. The molecule has 1 fully saturated rings. The number of methoxy groups -OCH3 is 1. The maximum atomic E-state index is 12.8. The van der Waals surface area contributed by atoms with Crippen LogP contribution in [0.2, 0.25) is 0 Å². The number of ether oxygens (including phenoxy) is 2. The minimum absolute atomic E-state index is 0.297. The molecule has 5 rings (SSSR count). The lowest BCUT2D eigenvalue weighted by atomic mass is 10.2. The van der Waals surface area contributed by atoms with Gasteiger partial charge in [0.1, 0.15) is 23.0 Å². The molecule has 40 heavy (non-hydrogen) atoms. The molecule has 0 spiro atoms. The zero-order valence-corrected chi connectivity index (χ0v) is 23.2. The molecule has 12 nitrogen and oxygen atoms in total. The van der Waals surface area contributed by atoms with Crippen LogP contribution in [0, 0.1) is 0 Å². The summed E-state index contributed by atoms with van der Waals surface area (Å²) in [4.78, 5) is 35.6. The second-order valence-corrected chi connectivity index (χ2v) is 10.5. The number of furan rings is 1. The van der Waals surface area contributed by atoms with Crippen molar-refractivity contribution in [3.63, 3.8) is 0 Å². The maximum absolute atomic E-state index is 12.8. The second kappa shape index (κ2) is 10.8. The van der Waals surface area contributed by atoms with Gasteiger partial charge in [-0.2, -0.15) is 5.10 Å². The fraction of sp³-hybridized carbons (Fsp3) is 0.357. The molecule has 4 aromatic rings. The highest BCUT2D eigenvalue weighted by molar-refractivity contribution is 5.95. The Morgan fingerprint density at radius 1 is 1.15 bits per heavy atom. The number of piperazine rings is 1. The van der Waals surface area contributed by atoms with Crippen molar-refractivity contribution in [1.82, 2.24) is 20.1 Å². The van der Waals surface area contributed by atoms with Crippen LogP contribution in [-0.2, 0) is 4.74 Å².